The van der Waals surface area contributed by atoms with Gasteiger partial charge in [-0.05, 0) is 44.4 Å². The summed E-state index contributed by atoms with van der Waals surface area (Å²) >= 11 is 0. The quantitative estimate of drug-likeness (QED) is 0.761. The van der Waals surface area contributed by atoms with Crippen LogP contribution in [0.2, 0.25) is 0 Å². The lowest BCUT2D eigenvalue weighted by Crippen LogP contribution is -2.42. The molecule has 108 valence electrons. The van der Waals surface area contributed by atoms with Crippen LogP contribution in [0.5, 0.6) is 0 Å². The van der Waals surface area contributed by atoms with Crippen molar-refractivity contribution in [3.8, 4) is 0 Å². The molecule has 19 heavy (non-hydrogen) atoms. The summed E-state index contributed by atoms with van der Waals surface area (Å²) in [7, 11) is 0. The van der Waals surface area contributed by atoms with Crippen LogP contribution in [-0.4, -0.2) is 18.0 Å². The van der Waals surface area contributed by atoms with Gasteiger partial charge >= 0.3 is 0 Å². The predicted octanol–water partition coefficient (Wildman–Crippen LogP) is 4.27. The highest BCUT2D eigenvalue weighted by molar-refractivity contribution is 5.81. The van der Waals surface area contributed by atoms with Crippen LogP contribution in [0.25, 0.3) is 0 Å². The summed E-state index contributed by atoms with van der Waals surface area (Å²) in [4.78, 5) is 12.3. The Labute approximate surface area is 117 Å². The molecule has 0 radical (unpaired) electrons. The molecule has 1 unspecified atom stereocenters. The van der Waals surface area contributed by atoms with Crippen molar-refractivity contribution in [1.82, 2.24) is 0 Å². The predicted molar refractivity (Wildman–Crippen MR) is 76.1 cm³/mol. The van der Waals surface area contributed by atoms with Crippen molar-refractivity contribution in [2.24, 2.45) is 11.8 Å². The van der Waals surface area contributed by atoms with E-state index in [9.17, 15) is 4.79 Å². The molecule has 0 aromatic carbocycles. The Hall–Kier alpha value is -0.370. The maximum absolute atomic E-state index is 12.3. The van der Waals surface area contributed by atoms with E-state index in [-0.39, 0.29) is 5.60 Å². The maximum atomic E-state index is 12.3. The second kappa shape index (κ2) is 5.95. The number of ketones is 1. The molecule has 0 N–H and O–H groups in total. The van der Waals surface area contributed by atoms with Crippen LogP contribution in [-0.2, 0) is 9.53 Å². The number of Topliss-reactive ketones (excluding diaryl/α,β-unsaturated/α-hetero) is 1. The third kappa shape index (κ3) is 3.21. The average molecular weight is 264 g/mol. The molecule has 1 saturated heterocycles. The highest BCUT2D eigenvalue weighted by Crippen LogP contribution is 2.42. The van der Waals surface area contributed by atoms with Crippen molar-refractivity contribution in [3.63, 3.8) is 0 Å². The fraction of sp³-hybridized carbons (Fsp3) is 0.941. The van der Waals surface area contributed by atoms with Crippen LogP contribution in [0, 0.1) is 11.8 Å². The molecule has 3 fully saturated rings. The van der Waals surface area contributed by atoms with E-state index >= 15 is 0 Å². The van der Waals surface area contributed by atoms with E-state index in [1.54, 1.807) is 0 Å². The molecule has 0 aromatic rings. The van der Waals surface area contributed by atoms with Gasteiger partial charge in [0.2, 0.25) is 0 Å². The Morgan fingerprint density at radius 1 is 1.00 bits per heavy atom. The second-order valence-electron chi connectivity index (χ2n) is 7.10. The number of hydrogen-bond acceptors (Lipinski definition) is 2. The van der Waals surface area contributed by atoms with Gasteiger partial charge in [-0.2, -0.15) is 0 Å². The minimum absolute atomic E-state index is 0.164. The fourth-order valence-electron chi connectivity index (χ4n) is 4.55. The first-order valence-corrected chi connectivity index (χ1v) is 8.44. The monoisotopic (exact) mass is 264 g/mol. The third-order valence-corrected chi connectivity index (χ3v) is 5.66. The van der Waals surface area contributed by atoms with E-state index < -0.39 is 0 Å². The largest absolute Gasteiger partial charge is 0.375 e. The van der Waals surface area contributed by atoms with E-state index in [1.165, 1.54) is 44.9 Å². The van der Waals surface area contributed by atoms with Crippen molar-refractivity contribution < 1.29 is 9.53 Å². The number of hydrogen-bond donors (Lipinski definition) is 0. The van der Waals surface area contributed by atoms with Gasteiger partial charge < -0.3 is 4.74 Å². The molecule has 2 heteroatoms. The summed E-state index contributed by atoms with van der Waals surface area (Å²) in [6.07, 6.45) is 14.5. The van der Waals surface area contributed by atoms with Gasteiger partial charge in [-0.1, -0.05) is 32.1 Å². The van der Waals surface area contributed by atoms with Gasteiger partial charge in [-0.25, -0.2) is 0 Å². The van der Waals surface area contributed by atoms with Gasteiger partial charge in [-0.3, -0.25) is 4.79 Å². The third-order valence-electron chi connectivity index (χ3n) is 5.66. The first kappa shape index (κ1) is 13.6. The SMILES string of the molecule is O=C(CC1CCOC2(CCCCC2)C1)C1CCCC1. The minimum atomic E-state index is 0.164. The molecule has 2 saturated carbocycles. The number of rotatable bonds is 3. The van der Waals surface area contributed by atoms with E-state index in [0.29, 0.717) is 17.6 Å². The zero-order valence-corrected chi connectivity index (χ0v) is 12.2. The summed E-state index contributed by atoms with van der Waals surface area (Å²) in [6.45, 7) is 0.891. The molecular weight excluding hydrogens is 236 g/mol. The van der Waals surface area contributed by atoms with E-state index in [1.807, 2.05) is 0 Å². The summed E-state index contributed by atoms with van der Waals surface area (Å²) < 4.78 is 6.13. The molecule has 1 aliphatic heterocycles. The van der Waals surface area contributed by atoms with E-state index in [0.717, 1.165) is 38.7 Å². The maximum Gasteiger partial charge on any atom is 0.136 e. The van der Waals surface area contributed by atoms with Crippen LogP contribution < -0.4 is 0 Å². The molecule has 1 heterocycles. The van der Waals surface area contributed by atoms with E-state index in [2.05, 4.69) is 0 Å². The summed E-state index contributed by atoms with van der Waals surface area (Å²) in [5.41, 5.74) is 0.164. The first-order chi connectivity index (χ1) is 9.27. The second-order valence-corrected chi connectivity index (χ2v) is 7.10. The summed E-state index contributed by atoms with van der Waals surface area (Å²) in [5, 5.41) is 0. The van der Waals surface area contributed by atoms with Gasteiger partial charge in [0.05, 0.1) is 5.60 Å². The number of ether oxygens (including phenoxy) is 1. The molecule has 1 spiro atoms. The van der Waals surface area contributed by atoms with Crippen molar-refractivity contribution in [2.45, 2.75) is 82.7 Å². The number of carbonyl (C=O) groups is 1. The normalized spacial score (nSPS) is 31.7. The van der Waals surface area contributed by atoms with Crippen LogP contribution >= 0.6 is 0 Å². The minimum Gasteiger partial charge on any atom is -0.375 e. The smallest absolute Gasteiger partial charge is 0.136 e. The highest BCUT2D eigenvalue weighted by atomic mass is 16.5. The highest BCUT2D eigenvalue weighted by Gasteiger charge is 2.39. The Morgan fingerprint density at radius 2 is 1.74 bits per heavy atom. The lowest BCUT2D eigenvalue weighted by Gasteiger charge is -2.43. The lowest BCUT2D eigenvalue weighted by atomic mass is 9.74. The topological polar surface area (TPSA) is 26.3 Å². The standard InChI is InChI=1S/C17H28O2/c18-16(15-6-2-3-7-15)12-14-8-11-19-17(13-14)9-4-1-5-10-17/h14-15H,1-13H2. The van der Waals surface area contributed by atoms with Crippen LogP contribution in [0.15, 0.2) is 0 Å². The first-order valence-electron chi connectivity index (χ1n) is 8.44. The van der Waals surface area contributed by atoms with Gasteiger partial charge in [0, 0.05) is 18.9 Å². The average Bonchev–Trinajstić information content (AvgIpc) is 2.93. The van der Waals surface area contributed by atoms with Gasteiger partial charge in [0.25, 0.3) is 0 Å². The van der Waals surface area contributed by atoms with Crippen molar-refractivity contribution in [1.29, 1.82) is 0 Å². The van der Waals surface area contributed by atoms with Gasteiger partial charge in [0.15, 0.2) is 0 Å². The summed E-state index contributed by atoms with van der Waals surface area (Å²) in [5.74, 6) is 1.58. The Bertz CT molecular complexity index is 306. The molecule has 0 amide bonds. The Morgan fingerprint density at radius 3 is 2.47 bits per heavy atom. The van der Waals surface area contributed by atoms with Crippen molar-refractivity contribution in [3.05, 3.63) is 0 Å². The van der Waals surface area contributed by atoms with Crippen LogP contribution in [0.1, 0.15) is 77.0 Å². The Balaban J connectivity index is 1.54. The van der Waals surface area contributed by atoms with Crippen molar-refractivity contribution in [2.75, 3.05) is 6.61 Å². The number of carbonyl (C=O) groups excluding carboxylic acids is 1. The molecule has 3 rings (SSSR count). The molecule has 1 atom stereocenters. The Kier molecular flexibility index (Phi) is 4.26. The molecule has 0 bridgehead atoms. The van der Waals surface area contributed by atoms with Gasteiger partial charge in [-0.15, -0.1) is 0 Å². The molecule has 2 nitrogen and oxygen atoms in total. The zero-order chi connectivity index (χ0) is 13.1. The summed E-state index contributed by atoms with van der Waals surface area (Å²) in [6, 6.07) is 0. The van der Waals surface area contributed by atoms with Gasteiger partial charge in [0.1, 0.15) is 5.78 Å². The fourth-order valence-corrected chi connectivity index (χ4v) is 4.55. The van der Waals surface area contributed by atoms with Crippen LogP contribution in [0.4, 0.5) is 0 Å². The molecule has 0 aromatic heterocycles. The van der Waals surface area contributed by atoms with Crippen LogP contribution in [0.3, 0.4) is 0 Å². The lowest BCUT2D eigenvalue weighted by molar-refractivity contribution is -0.132. The molecule has 3 aliphatic rings. The molecular formula is C17H28O2. The van der Waals surface area contributed by atoms with E-state index in [4.69, 9.17) is 4.74 Å². The van der Waals surface area contributed by atoms with Crippen molar-refractivity contribution >= 4 is 5.78 Å². The zero-order valence-electron chi connectivity index (χ0n) is 12.2. The molecule has 2 aliphatic carbocycles.